The predicted octanol–water partition coefficient (Wildman–Crippen LogP) is 3.16. The topological polar surface area (TPSA) is 38.7 Å². The van der Waals surface area contributed by atoms with Crippen molar-refractivity contribution < 1.29 is 14.0 Å². The molecule has 0 saturated heterocycles. The molecule has 3 nitrogen and oxygen atoms in total. The molecule has 0 aliphatic carbocycles. The Morgan fingerprint density at radius 1 is 1.53 bits per heavy atom. The first-order valence-corrected chi connectivity index (χ1v) is 5.87. The first-order chi connectivity index (χ1) is 8.13. The summed E-state index contributed by atoms with van der Waals surface area (Å²) in [6.07, 6.45) is 0. The standard InChI is InChI=1S/C11H7ClFNO2S/c1-16-14-10(11(12)15)8-5-17-9-4-6(13)2-3-7(8)9/h2-5H,1H3/b14-10+. The van der Waals surface area contributed by atoms with Crippen LogP contribution in [0.1, 0.15) is 5.56 Å². The van der Waals surface area contributed by atoms with Crippen molar-refractivity contribution >= 4 is 44.0 Å². The minimum absolute atomic E-state index is 0.0204. The first kappa shape index (κ1) is 12.0. The molecule has 17 heavy (non-hydrogen) atoms. The molecule has 0 saturated carbocycles. The minimum Gasteiger partial charge on any atom is -0.398 e. The van der Waals surface area contributed by atoms with E-state index in [1.165, 1.54) is 30.6 Å². The van der Waals surface area contributed by atoms with Crippen LogP contribution in [0.25, 0.3) is 10.1 Å². The average Bonchev–Trinajstić information content (AvgIpc) is 2.68. The van der Waals surface area contributed by atoms with Crippen LogP contribution >= 0.6 is 22.9 Å². The van der Waals surface area contributed by atoms with E-state index < -0.39 is 5.24 Å². The Bertz CT molecular complexity index is 609. The van der Waals surface area contributed by atoms with Crippen LogP contribution in [0.2, 0.25) is 0 Å². The van der Waals surface area contributed by atoms with Crippen LogP contribution < -0.4 is 0 Å². The van der Waals surface area contributed by atoms with Gasteiger partial charge in [-0.25, -0.2) is 4.39 Å². The van der Waals surface area contributed by atoms with Crippen LogP contribution in [-0.4, -0.2) is 18.1 Å². The number of halogens is 2. The Morgan fingerprint density at radius 3 is 2.94 bits per heavy atom. The fourth-order valence-electron chi connectivity index (χ4n) is 1.47. The van der Waals surface area contributed by atoms with E-state index in [9.17, 15) is 9.18 Å². The van der Waals surface area contributed by atoms with Crippen molar-refractivity contribution in [1.29, 1.82) is 0 Å². The van der Waals surface area contributed by atoms with E-state index in [0.717, 1.165) is 10.1 Å². The van der Waals surface area contributed by atoms with Crippen molar-refractivity contribution in [2.45, 2.75) is 0 Å². The number of carbonyl (C=O) groups is 1. The van der Waals surface area contributed by atoms with Gasteiger partial charge in [-0.15, -0.1) is 11.3 Å². The number of benzene rings is 1. The van der Waals surface area contributed by atoms with Gasteiger partial charge < -0.3 is 4.84 Å². The summed E-state index contributed by atoms with van der Waals surface area (Å²) in [6.45, 7) is 0. The quantitative estimate of drug-likeness (QED) is 0.489. The SMILES string of the molecule is CO/N=C(/C(=O)Cl)c1csc2cc(F)ccc12. The Balaban J connectivity index is 2.62. The second-order valence-electron chi connectivity index (χ2n) is 3.19. The lowest BCUT2D eigenvalue weighted by Gasteiger charge is -1.99. The van der Waals surface area contributed by atoms with Crippen molar-refractivity contribution in [3.05, 3.63) is 35.0 Å². The molecule has 0 spiro atoms. The van der Waals surface area contributed by atoms with E-state index in [0.29, 0.717) is 5.56 Å². The summed E-state index contributed by atoms with van der Waals surface area (Å²) in [6, 6.07) is 4.30. The Morgan fingerprint density at radius 2 is 2.29 bits per heavy atom. The maximum atomic E-state index is 13.0. The van der Waals surface area contributed by atoms with Crippen molar-refractivity contribution in [1.82, 2.24) is 0 Å². The molecule has 0 unspecified atom stereocenters. The van der Waals surface area contributed by atoms with Crippen LogP contribution in [0.3, 0.4) is 0 Å². The molecule has 0 N–H and O–H groups in total. The maximum Gasteiger partial charge on any atom is 0.274 e. The second-order valence-corrected chi connectivity index (χ2v) is 4.44. The summed E-state index contributed by atoms with van der Waals surface area (Å²) in [5.74, 6) is -0.326. The molecule has 1 heterocycles. The van der Waals surface area contributed by atoms with Gasteiger partial charge in [-0.2, -0.15) is 0 Å². The lowest BCUT2D eigenvalue weighted by atomic mass is 10.1. The number of nitrogens with zero attached hydrogens (tertiary/aromatic N) is 1. The van der Waals surface area contributed by atoms with Gasteiger partial charge >= 0.3 is 0 Å². The minimum atomic E-state index is -0.712. The van der Waals surface area contributed by atoms with E-state index in [2.05, 4.69) is 9.99 Å². The largest absolute Gasteiger partial charge is 0.398 e. The van der Waals surface area contributed by atoms with Gasteiger partial charge in [-0.3, -0.25) is 4.79 Å². The molecule has 0 atom stereocenters. The molecular formula is C11H7ClFNO2S. The molecule has 0 amide bonds. The number of fused-ring (bicyclic) bond motifs is 1. The van der Waals surface area contributed by atoms with Crippen LogP contribution in [-0.2, 0) is 9.63 Å². The van der Waals surface area contributed by atoms with Crippen LogP contribution in [0, 0.1) is 5.82 Å². The molecule has 2 rings (SSSR count). The third-order valence-electron chi connectivity index (χ3n) is 2.16. The fourth-order valence-corrected chi connectivity index (χ4v) is 2.57. The van der Waals surface area contributed by atoms with Crippen LogP contribution in [0.4, 0.5) is 4.39 Å². The summed E-state index contributed by atoms with van der Waals surface area (Å²) in [4.78, 5) is 15.8. The molecule has 2 aromatic rings. The predicted molar refractivity (Wildman–Crippen MR) is 66.2 cm³/mol. The highest BCUT2D eigenvalue weighted by Gasteiger charge is 2.17. The average molecular weight is 272 g/mol. The molecule has 88 valence electrons. The molecule has 1 aromatic heterocycles. The first-order valence-electron chi connectivity index (χ1n) is 4.61. The van der Waals surface area contributed by atoms with Gasteiger partial charge in [0.1, 0.15) is 12.9 Å². The number of thiophene rings is 1. The number of rotatable bonds is 3. The zero-order valence-corrected chi connectivity index (χ0v) is 10.3. The molecule has 0 aliphatic rings. The third kappa shape index (κ3) is 2.30. The van der Waals surface area contributed by atoms with Crippen molar-refractivity contribution in [3.8, 4) is 0 Å². The van der Waals surface area contributed by atoms with E-state index in [1.807, 2.05) is 0 Å². The number of hydrogen-bond donors (Lipinski definition) is 0. The summed E-state index contributed by atoms with van der Waals surface area (Å²) < 4.78 is 13.7. The molecule has 0 bridgehead atoms. The Labute approximate surface area is 105 Å². The number of hydrogen-bond acceptors (Lipinski definition) is 4. The number of carbonyl (C=O) groups excluding carboxylic acids is 1. The van der Waals surface area contributed by atoms with Crippen molar-refractivity contribution in [3.63, 3.8) is 0 Å². The van der Waals surface area contributed by atoms with Crippen molar-refractivity contribution in [2.75, 3.05) is 7.11 Å². The summed E-state index contributed by atoms with van der Waals surface area (Å²) in [5.41, 5.74) is 0.568. The van der Waals surface area contributed by atoms with E-state index >= 15 is 0 Å². The zero-order chi connectivity index (χ0) is 12.4. The lowest BCUT2D eigenvalue weighted by Crippen LogP contribution is -2.09. The maximum absolute atomic E-state index is 13.0. The molecule has 0 radical (unpaired) electrons. The molecule has 1 aromatic carbocycles. The van der Waals surface area contributed by atoms with Gasteiger partial charge in [-0.1, -0.05) is 5.16 Å². The van der Waals surface area contributed by atoms with Gasteiger partial charge in [0, 0.05) is 21.0 Å². The van der Waals surface area contributed by atoms with E-state index in [-0.39, 0.29) is 11.5 Å². The van der Waals surface area contributed by atoms with Gasteiger partial charge in [0.05, 0.1) is 0 Å². The summed E-state index contributed by atoms with van der Waals surface area (Å²) in [5, 5.41) is 5.29. The third-order valence-corrected chi connectivity index (χ3v) is 3.29. The smallest absolute Gasteiger partial charge is 0.274 e. The van der Waals surface area contributed by atoms with Crippen LogP contribution in [0.15, 0.2) is 28.7 Å². The Hall–Kier alpha value is -1.46. The highest BCUT2D eigenvalue weighted by molar-refractivity contribution is 7.17. The van der Waals surface area contributed by atoms with Crippen LogP contribution in [0.5, 0.6) is 0 Å². The molecule has 6 heteroatoms. The molecule has 0 fully saturated rings. The van der Waals surface area contributed by atoms with Crippen molar-refractivity contribution in [2.24, 2.45) is 5.16 Å². The van der Waals surface area contributed by atoms with Gasteiger partial charge in [0.2, 0.25) is 0 Å². The summed E-state index contributed by atoms with van der Waals surface area (Å²) >= 11 is 6.74. The normalized spacial score (nSPS) is 11.8. The van der Waals surface area contributed by atoms with E-state index in [4.69, 9.17) is 11.6 Å². The monoisotopic (exact) mass is 271 g/mol. The molecule has 0 aliphatic heterocycles. The number of oxime groups is 1. The Kier molecular flexibility index (Phi) is 3.40. The molecular weight excluding hydrogens is 265 g/mol. The van der Waals surface area contributed by atoms with Gasteiger partial charge in [-0.05, 0) is 29.8 Å². The van der Waals surface area contributed by atoms with Gasteiger partial charge in [0.25, 0.3) is 5.24 Å². The lowest BCUT2D eigenvalue weighted by molar-refractivity contribution is -0.106. The highest BCUT2D eigenvalue weighted by atomic mass is 35.5. The zero-order valence-electron chi connectivity index (χ0n) is 8.74. The van der Waals surface area contributed by atoms with E-state index in [1.54, 1.807) is 11.4 Å². The fraction of sp³-hybridized carbons (Fsp3) is 0.0909. The highest BCUT2D eigenvalue weighted by Crippen LogP contribution is 2.27. The summed E-state index contributed by atoms with van der Waals surface area (Å²) in [7, 11) is 1.33. The van der Waals surface area contributed by atoms with Gasteiger partial charge in [0.15, 0.2) is 5.71 Å². The second kappa shape index (κ2) is 4.81.